The molecule has 1 aliphatic rings. The van der Waals surface area contributed by atoms with Crippen molar-refractivity contribution in [1.82, 2.24) is 5.32 Å². The van der Waals surface area contributed by atoms with Gasteiger partial charge < -0.3 is 40.3 Å². The molecule has 9 heteroatoms. The van der Waals surface area contributed by atoms with Crippen LogP contribution in [0.2, 0.25) is 0 Å². The van der Waals surface area contributed by atoms with Crippen LogP contribution in [0.1, 0.15) is 309 Å². The molecule has 1 rings (SSSR count). The molecule has 0 aliphatic carbocycles. The van der Waals surface area contributed by atoms with Crippen LogP contribution in [0, 0.1) is 0 Å². The lowest BCUT2D eigenvalue weighted by Gasteiger charge is -2.40. The van der Waals surface area contributed by atoms with Gasteiger partial charge in [-0.3, -0.25) is 4.79 Å². The van der Waals surface area contributed by atoms with E-state index in [-0.39, 0.29) is 12.5 Å². The van der Waals surface area contributed by atoms with E-state index in [1.807, 2.05) is 6.08 Å². The lowest BCUT2D eigenvalue weighted by Crippen LogP contribution is -2.60. The van der Waals surface area contributed by atoms with E-state index in [0.29, 0.717) is 6.42 Å². The van der Waals surface area contributed by atoms with Crippen molar-refractivity contribution in [1.29, 1.82) is 0 Å². The number of amides is 1. The molecule has 7 unspecified atom stereocenters. The van der Waals surface area contributed by atoms with Crippen molar-refractivity contribution < 1.29 is 39.8 Å². The molecule has 0 aromatic heterocycles. The Morgan fingerprint density at radius 2 is 0.800 bits per heavy atom. The van der Waals surface area contributed by atoms with Gasteiger partial charge in [-0.05, 0) is 64.2 Å². The third-order valence-electron chi connectivity index (χ3n) is 15.4. The molecule has 0 spiro atoms. The lowest BCUT2D eigenvalue weighted by atomic mass is 9.99. The highest BCUT2D eigenvalue weighted by molar-refractivity contribution is 5.76. The van der Waals surface area contributed by atoms with Crippen LogP contribution in [0.5, 0.6) is 0 Å². The molecule has 7 atom stereocenters. The summed E-state index contributed by atoms with van der Waals surface area (Å²) in [5.74, 6) is -0.188. The van der Waals surface area contributed by atoms with E-state index in [1.165, 1.54) is 244 Å². The lowest BCUT2D eigenvalue weighted by molar-refractivity contribution is -0.302. The molecule has 440 valence electrons. The van der Waals surface area contributed by atoms with E-state index in [9.17, 15) is 30.3 Å². The van der Waals surface area contributed by atoms with Crippen LogP contribution >= 0.6 is 0 Å². The first-order valence-corrected chi connectivity index (χ1v) is 32.4. The zero-order chi connectivity index (χ0) is 54.3. The van der Waals surface area contributed by atoms with E-state index in [1.54, 1.807) is 6.08 Å². The number of ether oxygens (including phenoxy) is 2. The fourth-order valence-electron chi connectivity index (χ4n) is 10.3. The van der Waals surface area contributed by atoms with Crippen LogP contribution in [0.4, 0.5) is 0 Å². The molecule has 0 saturated carbocycles. The molecular formula is C66H123NO8. The van der Waals surface area contributed by atoms with Crippen LogP contribution < -0.4 is 5.32 Å². The summed E-state index contributed by atoms with van der Waals surface area (Å²) in [7, 11) is 0. The monoisotopic (exact) mass is 1060 g/mol. The van der Waals surface area contributed by atoms with Crippen molar-refractivity contribution in [3.63, 3.8) is 0 Å². The van der Waals surface area contributed by atoms with Gasteiger partial charge >= 0.3 is 0 Å². The number of rotatable bonds is 56. The fraction of sp³-hybridized carbons (Fsp3) is 0.864. The van der Waals surface area contributed by atoms with Crippen LogP contribution in [0.3, 0.4) is 0 Å². The number of carbonyl (C=O) groups is 1. The Kier molecular flexibility index (Phi) is 52.6. The minimum absolute atomic E-state index is 0.188. The van der Waals surface area contributed by atoms with E-state index in [0.717, 1.165) is 44.9 Å². The molecule has 1 fully saturated rings. The summed E-state index contributed by atoms with van der Waals surface area (Å²) in [6.07, 6.45) is 67.8. The number of aliphatic hydroxyl groups excluding tert-OH is 5. The summed E-state index contributed by atoms with van der Waals surface area (Å²) in [5.41, 5.74) is 0. The van der Waals surface area contributed by atoms with Crippen molar-refractivity contribution in [2.45, 2.75) is 352 Å². The Morgan fingerprint density at radius 1 is 0.453 bits per heavy atom. The molecule has 9 nitrogen and oxygen atoms in total. The van der Waals surface area contributed by atoms with Gasteiger partial charge in [0.2, 0.25) is 5.91 Å². The maximum atomic E-state index is 13.1. The highest BCUT2D eigenvalue weighted by atomic mass is 16.7. The van der Waals surface area contributed by atoms with Crippen molar-refractivity contribution in [2.75, 3.05) is 13.2 Å². The Bertz CT molecular complexity index is 1320. The van der Waals surface area contributed by atoms with Gasteiger partial charge in [-0.15, -0.1) is 0 Å². The Labute approximate surface area is 463 Å². The first kappa shape index (κ1) is 71.2. The summed E-state index contributed by atoms with van der Waals surface area (Å²) < 4.78 is 11.3. The van der Waals surface area contributed by atoms with Gasteiger partial charge in [0.15, 0.2) is 6.29 Å². The number of hydrogen-bond donors (Lipinski definition) is 6. The molecule has 6 N–H and O–H groups in total. The van der Waals surface area contributed by atoms with Crippen LogP contribution in [0.15, 0.2) is 48.6 Å². The molecule has 1 amide bonds. The number of carbonyl (C=O) groups excluding carboxylic acids is 1. The summed E-state index contributed by atoms with van der Waals surface area (Å²) in [6.45, 7) is 3.79. The zero-order valence-corrected chi connectivity index (χ0v) is 49.1. The fourth-order valence-corrected chi connectivity index (χ4v) is 10.3. The first-order valence-electron chi connectivity index (χ1n) is 32.4. The SMILES string of the molecule is CCCCCCC/C=C\C/C=C\CCCCCCCCCCCC(=O)NC(COC1OC(CO)C(O)C(O)C1O)C(O)/C=C/CC/C=C/CCCCCCCCCCCCCCCCCCCCCCCCCCC. The predicted octanol–water partition coefficient (Wildman–Crippen LogP) is 16.9. The van der Waals surface area contributed by atoms with Gasteiger partial charge in [0, 0.05) is 6.42 Å². The number of unbranched alkanes of at least 4 members (excludes halogenated alkanes) is 40. The van der Waals surface area contributed by atoms with Crippen LogP contribution in [0.25, 0.3) is 0 Å². The maximum absolute atomic E-state index is 13.1. The van der Waals surface area contributed by atoms with Gasteiger partial charge in [-0.2, -0.15) is 0 Å². The molecule has 0 radical (unpaired) electrons. The number of nitrogens with one attached hydrogen (secondary N) is 1. The Hall–Kier alpha value is -1.85. The van der Waals surface area contributed by atoms with Crippen molar-refractivity contribution in [2.24, 2.45) is 0 Å². The minimum Gasteiger partial charge on any atom is -0.394 e. The highest BCUT2D eigenvalue weighted by Crippen LogP contribution is 2.23. The molecular weight excluding hydrogens is 935 g/mol. The summed E-state index contributed by atoms with van der Waals surface area (Å²) in [6, 6.07) is -0.826. The van der Waals surface area contributed by atoms with E-state index in [2.05, 4.69) is 55.6 Å². The molecule has 75 heavy (non-hydrogen) atoms. The zero-order valence-electron chi connectivity index (χ0n) is 49.1. The Morgan fingerprint density at radius 3 is 1.20 bits per heavy atom. The van der Waals surface area contributed by atoms with Crippen LogP contribution in [-0.4, -0.2) is 87.5 Å². The van der Waals surface area contributed by atoms with Gasteiger partial charge in [0.1, 0.15) is 24.4 Å². The average molecular weight is 1060 g/mol. The first-order chi connectivity index (χ1) is 36.8. The second-order valence-electron chi connectivity index (χ2n) is 22.5. The second-order valence-corrected chi connectivity index (χ2v) is 22.5. The normalized spacial score (nSPS) is 19.2. The van der Waals surface area contributed by atoms with Crippen molar-refractivity contribution >= 4 is 5.91 Å². The minimum atomic E-state index is -1.57. The quantitative estimate of drug-likeness (QED) is 0.0261. The number of aliphatic hydroxyl groups is 5. The van der Waals surface area contributed by atoms with Gasteiger partial charge in [0.05, 0.1) is 25.4 Å². The van der Waals surface area contributed by atoms with Crippen molar-refractivity contribution in [3.8, 4) is 0 Å². The summed E-state index contributed by atoms with van der Waals surface area (Å²) in [4.78, 5) is 13.1. The molecule has 1 heterocycles. The standard InChI is InChI=1S/C66H123NO8/c1-3-5-7-9-11-13-15-17-19-21-23-25-26-27-28-29-30-31-32-33-34-36-37-39-41-43-45-47-49-51-53-55-60(69)59(58-74-66-65(73)64(72)63(71)61(57-68)75-66)67-62(70)56-54-52-50-48-46-44-42-40-38-35-24-22-20-18-16-14-12-10-8-6-4-2/h16,18,22,24,45,47,53,55,59-61,63-66,68-69,71-73H,3-15,17,19-21,23,25-44,46,48-52,54,56-58H2,1-2H3,(H,67,70)/b18-16-,24-22-,47-45+,55-53+. The third-order valence-corrected chi connectivity index (χ3v) is 15.4. The van der Waals surface area contributed by atoms with Gasteiger partial charge in [0.25, 0.3) is 0 Å². The van der Waals surface area contributed by atoms with Gasteiger partial charge in [-0.1, -0.05) is 287 Å². The summed E-state index contributed by atoms with van der Waals surface area (Å²) >= 11 is 0. The molecule has 0 aromatic rings. The van der Waals surface area contributed by atoms with Crippen LogP contribution in [-0.2, 0) is 14.3 Å². The summed E-state index contributed by atoms with van der Waals surface area (Å²) in [5, 5.41) is 54.6. The van der Waals surface area contributed by atoms with E-state index >= 15 is 0 Å². The third kappa shape index (κ3) is 44.7. The van der Waals surface area contributed by atoms with E-state index in [4.69, 9.17) is 9.47 Å². The highest BCUT2D eigenvalue weighted by Gasteiger charge is 2.44. The number of hydrogen-bond acceptors (Lipinski definition) is 8. The second kappa shape index (κ2) is 55.5. The van der Waals surface area contributed by atoms with Crippen molar-refractivity contribution in [3.05, 3.63) is 48.6 Å². The predicted molar refractivity (Wildman–Crippen MR) is 318 cm³/mol. The topological polar surface area (TPSA) is 149 Å². The molecule has 1 saturated heterocycles. The molecule has 0 bridgehead atoms. The molecule has 1 aliphatic heterocycles. The largest absolute Gasteiger partial charge is 0.394 e. The molecule has 0 aromatic carbocycles. The average Bonchev–Trinajstić information content (AvgIpc) is 3.41. The van der Waals surface area contributed by atoms with E-state index < -0.39 is 49.5 Å². The maximum Gasteiger partial charge on any atom is 0.220 e. The smallest absolute Gasteiger partial charge is 0.220 e. The number of allylic oxidation sites excluding steroid dienone is 7. The van der Waals surface area contributed by atoms with Gasteiger partial charge in [-0.25, -0.2) is 0 Å². The Balaban J connectivity index is 2.18.